The van der Waals surface area contributed by atoms with Crippen LogP contribution in [-0.2, 0) is 0 Å². The van der Waals surface area contributed by atoms with E-state index in [2.05, 4.69) is 25.4 Å². The van der Waals surface area contributed by atoms with Gasteiger partial charge in [-0.25, -0.2) is 4.39 Å². The number of anilines is 2. The third-order valence-electron chi connectivity index (χ3n) is 4.28. The minimum Gasteiger partial charge on any atom is -0.382 e. The van der Waals surface area contributed by atoms with Crippen molar-refractivity contribution in [2.45, 2.75) is 18.9 Å². The molecule has 0 amide bonds. The standard InChI is InChI=1S/C18H18FN5S/c19-13-4-6-14(7-5-13)21-15-8-11-24(12-9-15)18-23-22-17(25-18)16-3-1-2-10-20-16/h1-7,10,15,21H,8-9,11-12H2. The van der Waals surface area contributed by atoms with Crippen molar-refractivity contribution in [1.82, 2.24) is 15.2 Å². The Labute approximate surface area is 149 Å². The van der Waals surface area contributed by atoms with E-state index in [4.69, 9.17) is 0 Å². The molecule has 25 heavy (non-hydrogen) atoms. The molecule has 0 bridgehead atoms. The minimum absolute atomic E-state index is 0.208. The first kappa shape index (κ1) is 16.0. The Balaban J connectivity index is 1.36. The number of nitrogens with zero attached hydrogens (tertiary/aromatic N) is 4. The molecule has 1 fully saturated rings. The predicted octanol–water partition coefficient (Wildman–Crippen LogP) is 3.82. The van der Waals surface area contributed by atoms with Gasteiger partial charge in [0.15, 0.2) is 5.01 Å². The fourth-order valence-electron chi connectivity index (χ4n) is 2.93. The highest BCUT2D eigenvalue weighted by molar-refractivity contribution is 7.18. The van der Waals surface area contributed by atoms with Crippen molar-refractivity contribution in [1.29, 1.82) is 0 Å². The van der Waals surface area contributed by atoms with Gasteiger partial charge in [0.1, 0.15) is 11.5 Å². The number of nitrogens with one attached hydrogen (secondary N) is 1. The van der Waals surface area contributed by atoms with Crippen molar-refractivity contribution in [2.24, 2.45) is 0 Å². The second kappa shape index (κ2) is 7.14. The van der Waals surface area contributed by atoms with Crippen molar-refractivity contribution >= 4 is 22.2 Å². The summed E-state index contributed by atoms with van der Waals surface area (Å²) in [7, 11) is 0. The number of benzene rings is 1. The molecule has 0 aliphatic carbocycles. The van der Waals surface area contributed by atoms with Crippen LogP contribution in [0.25, 0.3) is 10.7 Å². The van der Waals surface area contributed by atoms with Crippen molar-refractivity contribution < 1.29 is 4.39 Å². The number of rotatable bonds is 4. The first-order valence-corrected chi connectivity index (χ1v) is 9.11. The zero-order valence-electron chi connectivity index (χ0n) is 13.6. The SMILES string of the molecule is Fc1ccc(NC2CCN(c3nnc(-c4ccccn4)s3)CC2)cc1. The van der Waals surface area contributed by atoms with Gasteiger partial charge in [-0.2, -0.15) is 0 Å². The van der Waals surface area contributed by atoms with Crippen molar-refractivity contribution in [2.75, 3.05) is 23.3 Å². The fraction of sp³-hybridized carbons (Fsp3) is 0.278. The third-order valence-corrected chi connectivity index (χ3v) is 5.29. The van der Waals surface area contributed by atoms with Crippen LogP contribution in [0.2, 0.25) is 0 Å². The van der Waals surface area contributed by atoms with Crippen LogP contribution < -0.4 is 10.2 Å². The molecular weight excluding hydrogens is 337 g/mol. The summed E-state index contributed by atoms with van der Waals surface area (Å²) >= 11 is 1.58. The van der Waals surface area contributed by atoms with Gasteiger partial charge in [-0.1, -0.05) is 17.4 Å². The summed E-state index contributed by atoms with van der Waals surface area (Å²) in [6.07, 6.45) is 3.79. The largest absolute Gasteiger partial charge is 0.382 e. The van der Waals surface area contributed by atoms with Crippen LogP contribution in [-0.4, -0.2) is 34.3 Å². The monoisotopic (exact) mass is 355 g/mol. The summed E-state index contributed by atoms with van der Waals surface area (Å²) in [5, 5.41) is 13.9. The Morgan fingerprint density at radius 3 is 2.56 bits per heavy atom. The van der Waals surface area contributed by atoms with Gasteiger partial charge in [0.2, 0.25) is 5.13 Å². The Bertz CT molecular complexity index is 813. The van der Waals surface area contributed by atoms with Crippen LogP contribution in [0.4, 0.5) is 15.2 Å². The highest BCUT2D eigenvalue weighted by Crippen LogP contribution is 2.29. The Kier molecular flexibility index (Phi) is 4.56. The summed E-state index contributed by atoms with van der Waals surface area (Å²) in [5.41, 5.74) is 1.83. The normalized spacial score (nSPS) is 15.3. The smallest absolute Gasteiger partial charge is 0.208 e. The maximum absolute atomic E-state index is 13.0. The zero-order valence-corrected chi connectivity index (χ0v) is 14.4. The average molecular weight is 355 g/mol. The molecule has 7 heteroatoms. The minimum atomic E-state index is -0.208. The van der Waals surface area contributed by atoms with Gasteiger partial charge < -0.3 is 10.2 Å². The Morgan fingerprint density at radius 1 is 1.04 bits per heavy atom. The van der Waals surface area contributed by atoms with Crippen molar-refractivity contribution in [3.05, 3.63) is 54.5 Å². The molecular formula is C18H18FN5S. The molecule has 0 spiro atoms. The van der Waals surface area contributed by atoms with E-state index in [1.54, 1.807) is 29.7 Å². The maximum atomic E-state index is 13.0. The van der Waals surface area contributed by atoms with Crippen LogP contribution >= 0.6 is 11.3 Å². The van der Waals surface area contributed by atoms with E-state index in [1.807, 2.05) is 18.2 Å². The molecule has 0 saturated carbocycles. The van der Waals surface area contributed by atoms with Gasteiger partial charge in [-0.3, -0.25) is 4.98 Å². The molecule has 1 aromatic carbocycles. The number of halogens is 1. The maximum Gasteiger partial charge on any atom is 0.208 e. The first-order chi connectivity index (χ1) is 12.3. The molecule has 3 aromatic rings. The van der Waals surface area contributed by atoms with E-state index in [9.17, 15) is 4.39 Å². The molecule has 0 unspecified atom stereocenters. The van der Waals surface area contributed by atoms with E-state index in [-0.39, 0.29) is 5.82 Å². The second-order valence-corrected chi connectivity index (χ2v) is 6.97. The fourth-order valence-corrected chi connectivity index (χ4v) is 3.81. The van der Waals surface area contributed by atoms with Crippen molar-refractivity contribution in [3.8, 4) is 10.7 Å². The summed E-state index contributed by atoms with van der Waals surface area (Å²) < 4.78 is 13.0. The van der Waals surface area contributed by atoms with Crippen LogP contribution in [0, 0.1) is 5.82 Å². The van der Waals surface area contributed by atoms with E-state index < -0.39 is 0 Å². The summed E-state index contributed by atoms with van der Waals surface area (Å²) in [6, 6.07) is 12.7. The Morgan fingerprint density at radius 2 is 1.84 bits per heavy atom. The van der Waals surface area contributed by atoms with E-state index in [0.29, 0.717) is 6.04 Å². The quantitative estimate of drug-likeness (QED) is 0.771. The lowest BCUT2D eigenvalue weighted by Crippen LogP contribution is -2.39. The van der Waals surface area contributed by atoms with Crippen LogP contribution in [0.1, 0.15) is 12.8 Å². The van der Waals surface area contributed by atoms with Crippen LogP contribution in [0.3, 0.4) is 0 Å². The molecule has 5 nitrogen and oxygen atoms in total. The average Bonchev–Trinajstić information content (AvgIpc) is 3.15. The number of pyridine rings is 1. The van der Waals surface area contributed by atoms with E-state index in [0.717, 1.165) is 47.5 Å². The van der Waals surface area contributed by atoms with Gasteiger partial charge in [-0.05, 0) is 49.2 Å². The predicted molar refractivity (Wildman–Crippen MR) is 98.4 cm³/mol. The molecule has 1 N–H and O–H groups in total. The summed E-state index contributed by atoms with van der Waals surface area (Å²) in [5.74, 6) is -0.208. The van der Waals surface area contributed by atoms with Gasteiger partial charge in [0.05, 0.1) is 0 Å². The molecule has 0 atom stereocenters. The summed E-state index contributed by atoms with van der Waals surface area (Å²) in [4.78, 5) is 6.60. The topological polar surface area (TPSA) is 53.9 Å². The van der Waals surface area contributed by atoms with Gasteiger partial charge in [0, 0.05) is 31.0 Å². The lowest BCUT2D eigenvalue weighted by molar-refractivity contribution is 0.525. The number of hydrogen-bond donors (Lipinski definition) is 1. The lowest BCUT2D eigenvalue weighted by Gasteiger charge is -2.32. The molecule has 3 heterocycles. The zero-order chi connectivity index (χ0) is 17.1. The molecule has 4 rings (SSSR count). The van der Waals surface area contributed by atoms with E-state index in [1.165, 1.54) is 12.1 Å². The second-order valence-electron chi connectivity index (χ2n) is 6.02. The van der Waals surface area contributed by atoms with Gasteiger partial charge in [-0.15, -0.1) is 10.2 Å². The Hall–Kier alpha value is -2.54. The highest BCUT2D eigenvalue weighted by atomic mass is 32.1. The molecule has 0 radical (unpaired) electrons. The van der Waals surface area contributed by atoms with Gasteiger partial charge >= 0.3 is 0 Å². The molecule has 2 aromatic heterocycles. The van der Waals surface area contributed by atoms with Crippen LogP contribution in [0.15, 0.2) is 48.7 Å². The first-order valence-electron chi connectivity index (χ1n) is 8.30. The summed E-state index contributed by atoms with van der Waals surface area (Å²) in [6.45, 7) is 1.85. The number of hydrogen-bond acceptors (Lipinski definition) is 6. The van der Waals surface area contributed by atoms with Crippen molar-refractivity contribution in [3.63, 3.8) is 0 Å². The molecule has 1 saturated heterocycles. The molecule has 1 aliphatic heterocycles. The van der Waals surface area contributed by atoms with E-state index >= 15 is 0 Å². The number of piperidine rings is 1. The molecule has 128 valence electrons. The lowest BCUT2D eigenvalue weighted by atomic mass is 10.1. The van der Waals surface area contributed by atoms with Gasteiger partial charge in [0.25, 0.3) is 0 Å². The molecule has 1 aliphatic rings. The van der Waals surface area contributed by atoms with Crippen LogP contribution in [0.5, 0.6) is 0 Å². The number of aromatic nitrogens is 3. The third kappa shape index (κ3) is 3.76. The highest BCUT2D eigenvalue weighted by Gasteiger charge is 2.22.